The predicted molar refractivity (Wildman–Crippen MR) is 53.3 cm³/mol. The highest BCUT2D eigenvalue weighted by molar-refractivity contribution is 5.07. The summed E-state index contributed by atoms with van der Waals surface area (Å²) in [6, 6.07) is 2.28. The third-order valence-electron chi connectivity index (χ3n) is 2.35. The molecule has 2 heterocycles. The highest BCUT2D eigenvalue weighted by Gasteiger charge is 2.14. The molecule has 76 valence electrons. The summed E-state index contributed by atoms with van der Waals surface area (Å²) in [5, 5.41) is 3.37. The number of ether oxygens (including phenoxy) is 1. The summed E-state index contributed by atoms with van der Waals surface area (Å²) in [6.07, 6.45) is 4.17. The number of nitrogens with zero attached hydrogens (tertiary/aromatic N) is 2. The summed E-state index contributed by atoms with van der Waals surface area (Å²) in [6.45, 7) is 3.67. The SMILES string of the molecule is Cc1nccc(OCC2CCCN2)n1. The minimum Gasteiger partial charge on any atom is -0.476 e. The number of nitrogens with one attached hydrogen (secondary N) is 1. The smallest absolute Gasteiger partial charge is 0.216 e. The highest BCUT2D eigenvalue weighted by Crippen LogP contribution is 2.09. The molecule has 0 amide bonds. The van der Waals surface area contributed by atoms with Gasteiger partial charge in [-0.2, -0.15) is 4.98 Å². The quantitative estimate of drug-likeness (QED) is 0.775. The van der Waals surface area contributed by atoms with E-state index in [0.29, 0.717) is 18.5 Å². The number of aromatic nitrogens is 2. The second kappa shape index (κ2) is 4.37. The number of hydrogen-bond acceptors (Lipinski definition) is 4. The maximum atomic E-state index is 5.56. The van der Waals surface area contributed by atoms with E-state index in [-0.39, 0.29) is 0 Å². The Bertz CT molecular complexity index is 297. The maximum absolute atomic E-state index is 5.56. The topological polar surface area (TPSA) is 47.0 Å². The second-order valence-corrected chi connectivity index (χ2v) is 3.55. The Morgan fingerprint density at radius 2 is 2.57 bits per heavy atom. The van der Waals surface area contributed by atoms with Gasteiger partial charge in [0.2, 0.25) is 5.88 Å². The third-order valence-corrected chi connectivity index (χ3v) is 2.35. The number of rotatable bonds is 3. The van der Waals surface area contributed by atoms with Gasteiger partial charge >= 0.3 is 0 Å². The van der Waals surface area contributed by atoms with E-state index >= 15 is 0 Å². The Kier molecular flexibility index (Phi) is 2.93. The standard InChI is InChI=1S/C10H15N3O/c1-8-11-6-4-10(13-8)14-7-9-3-2-5-12-9/h4,6,9,12H,2-3,5,7H2,1H3. The fraction of sp³-hybridized carbons (Fsp3) is 0.600. The maximum Gasteiger partial charge on any atom is 0.216 e. The molecule has 14 heavy (non-hydrogen) atoms. The molecule has 1 aromatic rings. The second-order valence-electron chi connectivity index (χ2n) is 3.55. The molecule has 1 aromatic heterocycles. The van der Waals surface area contributed by atoms with Crippen molar-refractivity contribution >= 4 is 0 Å². The molecule has 1 aliphatic heterocycles. The van der Waals surface area contributed by atoms with Crippen molar-refractivity contribution in [1.29, 1.82) is 0 Å². The molecule has 0 aliphatic carbocycles. The molecular formula is C10H15N3O. The molecule has 1 saturated heterocycles. The van der Waals surface area contributed by atoms with E-state index in [9.17, 15) is 0 Å². The van der Waals surface area contributed by atoms with Gasteiger partial charge in [-0.3, -0.25) is 0 Å². The van der Waals surface area contributed by atoms with Crippen molar-refractivity contribution in [2.45, 2.75) is 25.8 Å². The van der Waals surface area contributed by atoms with Gasteiger partial charge in [0.25, 0.3) is 0 Å². The number of hydrogen-bond donors (Lipinski definition) is 1. The van der Waals surface area contributed by atoms with Crippen molar-refractivity contribution < 1.29 is 4.74 Å². The fourth-order valence-electron chi connectivity index (χ4n) is 1.60. The summed E-state index contributed by atoms with van der Waals surface area (Å²) in [5.74, 6) is 1.42. The summed E-state index contributed by atoms with van der Waals surface area (Å²) in [7, 11) is 0. The van der Waals surface area contributed by atoms with Gasteiger partial charge < -0.3 is 10.1 Å². The lowest BCUT2D eigenvalue weighted by Gasteiger charge is -2.11. The number of aryl methyl sites for hydroxylation is 1. The van der Waals surface area contributed by atoms with Crippen LogP contribution < -0.4 is 10.1 Å². The lowest BCUT2D eigenvalue weighted by molar-refractivity contribution is 0.266. The van der Waals surface area contributed by atoms with E-state index in [1.165, 1.54) is 12.8 Å². The monoisotopic (exact) mass is 193 g/mol. The van der Waals surface area contributed by atoms with Gasteiger partial charge in [0.15, 0.2) is 0 Å². The van der Waals surface area contributed by atoms with Gasteiger partial charge in [-0.15, -0.1) is 0 Å². The molecule has 0 bridgehead atoms. The zero-order valence-corrected chi connectivity index (χ0v) is 8.36. The minimum atomic E-state index is 0.491. The molecule has 1 atom stereocenters. The zero-order chi connectivity index (χ0) is 9.80. The van der Waals surface area contributed by atoms with Crippen molar-refractivity contribution in [3.8, 4) is 5.88 Å². The Labute approximate surface area is 83.7 Å². The van der Waals surface area contributed by atoms with Crippen LogP contribution in [0, 0.1) is 6.92 Å². The largest absolute Gasteiger partial charge is 0.476 e. The van der Waals surface area contributed by atoms with Crippen LogP contribution in [-0.4, -0.2) is 29.2 Å². The van der Waals surface area contributed by atoms with Crippen molar-refractivity contribution in [3.05, 3.63) is 18.1 Å². The van der Waals surface area contributed by atoms with Crippen LogP contribution in [-0.2, 0) is 0 Å². The van der Waals surface area contributed by atoms with Crippen LogP contribution in [0.5, 0.6) is 5.88 Å². The van der Waals surface area contributed by atoms with Gasteiger partial charge in [-0.25, -0.2) is 4.98 Å². The normalized spacial score (nSPS) is 21.1. The Balaban J connectivity index is 1.85. The molecular weight excluding hydrogens is 178 g/mol. The van der Waals surface area contributed by atoms with E-state index < -0.39 is 0 Å². The van der Waals surface area contributed by atoms with Gasteiger partial charge in [0.1, 0.15) is 12.4 Å². The average molecular weight is 193 g/mol. The lowest BCUT2D eigenvalue weighted by Crippen LogP contribution is -2.28. The molecule has 4 heteroatoms. The van der Waals surface area contributed by atoms with Crippen LogP contribution in [0.25, 0.3) is 0 Å². The van der Waals surface area contributed by atoms with E-state index in [0.717, 1.165) is 12.4 Å². The van der Waals surface area contributed by atoms with E-state index in [4.69, 9.17) is 4.74 Å². The Hall–Kier alpha value is -1.16. The predicted octanol–water partition coefficient (Wildman–Crippen LogP) is 0.916. The molecule has 4 nitrogen and oxygen atoms in total. The highest BCUT2D eigenvalue weighted by atomic mass is 16.5. The molecule has 1 N–H and O–H groups in total. The van der Waals surface area contributed by atoms with E-state index in [2.05, 4.69) is 15.3 Å². The molecule has 1 unspecified atom stereocenters. The van der Waals surface area contributed by atoms with Crippen molar-refractivity contribution in [3.63, 3.8) is 0 Å². The van der Waals surface area contributed by atoms with Crippen LogP contribution >= 0.6 is 0 Å². The van der Waals surface area contributed by atoms with E-state index in [1.54, 1.807) is 12.3 Å². The molecule has 0 spiro atoms. The third kappa shape index (κ3) is 2.42. The molecule has 2 rings (SSSR count). The van der Waals surface area contributed by atoms with Crippen molar-refractivity contribution in [2.75, 3.05) is 13.2 Å². The van der Waals surface area contributed by atoms with Crippen molar-refractivity contribution in [1.82, 2.24) is 15.3 Å². The molecule has 0 aromatic carbocycles. The summed E-state index contributed by atoms with van der Waals surface area (Å²) in [5.41, 5.74) is 0. The first kappa shape index (κ1) is 9.40. The first-order chi connectivity index (χ1) is 6.84. The summed E-state index contributed by atoms with van der Waals surface area (Å²) >= 11 is 0. The first-order valence-corrected chi connectivity index (χ1v) is 5.00. The van der Waals surface area contributed by atoms with Crippen LogP contribution in [0.2, 0.25) is 0 Å². The first-order valence-electron chi connectivity index (χ1n) is 5.00. The molecule has 0 radical (unpaired) electrons. The van der Waals surface area contributed by atoms with Crippen LogP contribution in [0.15, 0.2) is 12.3 Å². The van der Waals surface area contributed by atoms with Gasteiger partial charge in [0, 0.05) is 18.3 Å². The minimum absolute atomic E-state index is 0.491. The van der Waals surface area contributed by atoms with Gasteiger partial charge in [-0.05, 0) is 26.3 Å². The van der Waals surface area contributed by atoms with Gasteiger partial charge in [0.05, 0.1) is 0 Å². The van der Waals surface area contributed by atoms with Crippen molar-refractivity contribution in [2.24, 2.45) is 0 Å². The Morgan fingerprint density at radius 3 is 3.29 bits per heavy atom. The van der Waals surface area contributed by atoms with E-state index in [1.807, 2.05) is 6.92 Å². The summed E-state index contributed by atoms with van der Waals surface area (Å²) < 4.78 is 5.56. The molecule has 1 aliphatic rings. The van der Waals surface area contributed by atoms with Crippen LogP contribution in [0.4, 0.5) is 0 Å². The van der Waals surface area contributed by atoms with Gasteiger partial charge in [-0.1, -0.05) is 0 Å². The van der Waals surface area contributed by atoms with Crippen LogP contribution in [0.1, 0.15) is 18.7 Å². The fourth-order valence-corrected chi connectivity index (χ4v) is 1.60. The van der Waals surface area contributed by atoms with Crippen LogP contribution in [0.3, 0.4) is 0 Å². The molecule has 1 fully saturated rings. The summed E-state index contributed by atoms with van der Waals surface area (Å²) in [4.78, 5) is 8.19. The lowest BCUT2D eigenvalue weighted by atomic mass is 10.2. The zero-order valence-electron chi connectivity index (χ0n) is 8.36. The molecule has 0 saturated carbocycles. The Morgan fingerprint density at radius 1 is 1.64 bits per heavy atom. The average Bonchev–Trinajstić information content (AvgIpc) is 2.67.